The molecule has 0 radical (unpaired) electrons. The van der Waals surface area contributed by atoms with E-state index in [1.807, 2.05) is 27.7 Å². The average molecular weight is 525 g/mol. The van der Waals surface area contributed by atoms with Gasteiger partial charge in [-0.2, -0.15) is 0 Å². The zero-order valence-corrected chi connectivity index (χ0v) is 24.0. The van der Waals surface area contributed by atoms with Gasteiger partial charge in [0.2, 0.25) is 0 Å². The molecule has 6 nitrogen and oxygen atoms in total. The predicted molar refractivity (Wildman–Crippen MR) is 150 cm³/mol. The molecule has 38 heavy (non-hydrogen) atoms. The number of allylic oxidation sites excluding steroid dienone is 1. The summed E-state index contributed by atoms with van der Waals surface area (Å²) in [5, 5.41) is 21.8. The number of hydrogen-bond acceptors (Lipinski definition) is 6. The zero-order valence-electron chi connectivity index (χ0n) is 24.0. The third kappa shape index (κ3) is 11.3. The van der Waals surface area contributed by atoms with Crippen LogP contribution in [0.5, 0.6) is 11.5 Å². The van der Waals surface area contributed by atoms with Gasteiger partial charge in [-0.3, -0.25) is 4.79 Å². The van der Waals surface area contributed by atoms with Gasteiger partial charge in [-0.05, 0) is 67.4 Å². The summed E-state index contributed by atoms with van der Waals surface area (Å²) in [6, 6.07) is 3.21. The number of phenolic OH excluding ortho intramolecular Hbond substituents is 2. The molecule has 0 unspecified atom stereocenters. The van der Waals surface area contributed by atoms with E-state index in [1.54, 1.807) is 19.1 Å². The Kier molecular flexibility index (Phi) is 13.6. The molecule has 0 amide bonds. The van der Waals surface area contributed by atoms with E-state index in [1.165, 1.54) is 0 Å². The zero-order chi connectivity index (χ0) is 28.8. The van der Waals surface area contributed by atoms with Crippen LogP contribution in [0.4, 0.5) is 0 Å². The minimum atomic E-state index is -0.720. The molecule has 208 valence electrons. The second kappa shape index (κ2) is 15.8. The van der Waals surface area contributed by atoms with Gasteiger partial charge < -0.3 is 19.7 Å². The van der Waals surface area contributed by atoms with Crippen molar-refractivity contribution in [3.05, 3.63) is 35.6 Å². The number of carbonyl (C=O) groups excluding carboxylic acids is 2. The van der Waals surface area contributed by atoms with Crippen LogP contribution in [0.1, 0.15) is 110 Å². The number of ether oxygens (including phenoxy) is 2. The summed E-state index contributed by atoms with van der Waals surface area (Å²) in [5.74, 6) is 9.22. The summed E-state index contributed by atoms with van der Waals surface area (Å²) in [4.78, 5) is 23.8. The summed E-state index contributed by atoms with van der Waals surface area (Å²) in [7, 11) is 0. The van der Waals surface area contributed by atoms with Gasteiger partial charge in [0, 0.05) is 29.9 Å². The SMILES string of the molecule is C=C(CCC(C)(C)c1cc(O)c(C(C)(C)CCCC(=O)OCCCCCC)cc1O)OC(=O)C#CC#CC. The molecule has 0 saturated carbocycles. The maximum Gasteiger partial charge on any atom is 0.390 e. The first-order valence-corrected chi connectivity index (χ1v) is 13.4. The lowest BCUT2D eigenvalue weighted by Gasteiger charge is -2.30. The number of hydrogen-bond donors (Lipinski definition) is 2. The van der Waals surface area contributed by atoms with Crippen molar-refractivity contribution >= 4 is 11.9 Å². The van der Waals surface area contributed by atoms with E-state index in [9.17, 15) is 19.8 Å². The lowest BCUT2D eigenvalue weighted by atomic mass is 9.75. The third-order valence-electron chi connectivity index (χ3n) is 6.63. The Bertz CT molecular complexity index is 1090. The number of phenols is 2. The largest absolute Gasteiger partial charge is 0.508 e. The molecule has 0 aliphatic carbocycles. The summed E-state index contributed by atoms with van der Waals surface area (Å²) < 4.78 is 10.4. The lowest BCUT2D eigenvalue weighted by Crippen LogP contribution is -2.21. The number of carbonyl (C=O) groups is 2. The second-order valence-corrected chi connectivity index (χ2v) is 10.8. The van der Waals surface area contributed by atoms with Crippen LogP contribution in [0, 0.1) is 23.7 Å². The Balaban J connectivity index is 2.76. The summed E-state index contributed by atoms with van der Waals surface area (Å²) in [6.07, 6.45) is 6.70. The molecule has 0 fully saturated rings. The molecule has 1 aromatic rings. The fraction of sp³-hybridized carbons (Fsp3) is 0.562. The van der Waals surface area contributed by atoms with Crippen LogP contribution < -0.4 is 0 Å². The molecular weight excluding hydrogens is 480 g/mol. The molecule has 0 aliphatic heterocycles. The first-order chi connectivity index (χ1) is 17.8. The van der Waals surface area contributed by atoms with Crippen molar-refractivity contribution < 1.29 is 29.3 Å². The molecule has 0 spiro atoms. The second-order valence-electron chi connectivity index (χ2n) is 10.8. The van der Waals surface area contributed by atoms with Crippen molar-refractivity contribution in [1.29, 1.82) is 0 Å². The van der Waals surface area contributed by atoms with Crippen LogP contribution in [0.3, 0.4) is 0 Å². The summed E-state index contributed by atoms with van der Waals surface area (Å²) >= 11 is 0. The lowest BCUT2D eigenvalue weighted by molar-refractivity contribution is -0.144. The smallest absolute Gasteiger partial charge is 0.390 e. The standard InChI is InChI=1S/C32H44O6/c1-8-10-12-14-21-37-29(35)17-15-19-31(4,5)25-22-28(34)26(23-27(25)33)32(6,7)20-18-24(3)38-30(36)16-13-11-9-2/h22-23,33-34H,3,8,10,12,14-15,17-21H2,1-2,4-7H3. The first-order valence-electron chi connectivity index (χ1n) is 13.4. The highest BCUT2D eigenvalue weighted by Gasteiger charge is 2.30. The average Bonchev–Trinajstić information content (AvgIpc) is 2.83. The monoisotopic (exact) mass is 524 g/mol. The quantitative estimate of drug-likeness (QED) is 0.0654. The number of unbranched alkanes of at least 4 members (excludes halogenated alkanes) is 3. The summed E-state index contributed by atoms with van der Waals surface area (Å²) in [6.45, 7) is 15.8. The predicted octanol–water partition coefficient (Wildman–Crippen LogP) is 6.81. The maximum absolute atomic E-state index is 12.0. The fourth-order valence-electron chi connectivity index (χ4n) is 4.20. The Labute approximate surface area is 228 Å². The topological polar surface area (TPSA) is 93.1 Å². The van der Waals surface area contributed by atoms with Crippen molar-refractivity contribution in [3.63, 3.8) is 0 Å². The van der Waals surface area contributed by atoms with Crippen molar-refractivity contribution in [1.82, 2.24) is 0 Å². The maximum atomic E-state index is 12.0. The molecule has 1 rings (SSSR count). The van der Waals surface area contributed by atoms with Gasteiger partial charge in [0.25, 0.3) is 0 Å². The number of aromatic hydroxyl groups is 2. The van der Waals surface area contributed by atoms with E-state index in [0.29, 0.717) is 49.8 Å². The van der Waals surface area contributed by atoms with E-state index >= 15 is 0 Å². The Hall–Kier alpha value is -3.38. The highest BCUT2D eigenvalue weighted by Crippen LogP contribution is 2.43. The van der Waals surface area contributed by atoms with Crippen molar-refractivity contribution in [3.8, 4) is 35.2 Å². The molecule has 2 N–H and O–H groups in total. The normalized spacial score (nSPS) is 11.0. The third-order valence-corrected chi connectivity index (χ3v) is 6.63. The van der Waals surface area contributed by atoms with Crippen molar-refractivity contribution in [2.24, 2.45) is 0 Å². The molecule has 6 heteroatoms. The highest BCUT2D eigenvalue weighted by molar-refractivity contribution is 5.89. The Morgan fingerprint density at radius 3 is 2.08 bits per heavy atom. The van der Waals surface area contributed by atoms with Crippen LogP contribution in [-0.4, -0.2) is 28.8 Å². The molecule has 0 aliphatic rings. The van der Waals surface area contributed by atoms with Gasteiger partial charge >= 0.3 is 11.9 Å². The van der Waals surface area contributed by atoms with Crippen molar-refractivity contribution in [2.45, 2.75) is 110 Å². The van der Waals surface area contributed by atoms with Crippen LogP contribution in [0.25, 0.3) is 0 Å². The van der Waals surface area contributed by atoms with Gasteiger partial charge in [0.15, 0.2) is 0 Å². The van der Waals surface area contributed by atoms with Crippen LogP contribution in [0.2, 0.25) is 0 Å². The highest BCUT2D eigenvalue weighted by atomic mass is 16.5. The number of esters is 2. The Morgan fingerprint density at radius 1 is 0.895 bits per heavy atom. The number of rotatable bonds is 15. The summed E-state index contributed by atoms with van der Waals surface area (Å²) in [5.41, 5.74) is 0.199. The minimum absolute atomic E-state index is 0.0778. The van der Waals surface area contributed by atoms with Gasteiger partial charge in [-0.25, -0.2) is 4.79 Å². The fourth-order valence-corrected chi connectivity index (χ4v) is 4.20. The van der Waals surface area contributed by atoms with Crippen LogP contribution in [0.15, 0.2) is 24.5 Å². The van der Waals surface area contributed by atoms with E-state index in [4.69, 9.17) is 9.47 Å². The van der Waals surface area contributed by atoms with E-state index < -0.39 is 16.8 Å². The van der Waals surface area contributed by atoms with E-state index in [2.05, 4.69) is 37.2 Å². The van der Waals surface area contributed by atoms with Crippen molar-refractivity contribution in [2.75, 3.05) is 6.61 Å². The molecule has 0 saturated heterocycles. The number of benzene rings is 1. The van der Waals surface area contributed by atoms with E-state index in [-0.39, 0.29) is 23.2 Å². The molecule has 0 bridgehead atoms. The van der Waals surface area contributed by atoms with Gasteiger partial charge in [-0.1, -0.05) is 66.4 Å². The van der Waals surface area contributed by atoms with Gasteiger partial charge in [-0.15, -0.1) is 0 Å². The first kappa shape index (κ1) is 32.6. The minimum Gasteiger partial charge on any atom is -0.508 e. The molecule has 0 heterocycles. The molecule has 1 aromatic carbocycles. The van der Waals surface area contributed by atoms with Gasteiger partial charge in [0.1, 0.15) is 17.3 Å². The van der Waals surface area contributed by atoms with Crippen LogP contribution >= 0.6 is 0 Å². The van der Waals surface area contributed by atoms with Gasteiger partial charge in [0.05, 0.1) is 6.61 Å². The van der Waals surface area contributed by atoms with Crippen LogP contribution in [-0.2, 0) is 29.9 Å². The molecule has 0 atom stereocenters. The molecular formula is C32H44O6. The van der Waals surface area contributed by atoms with E-state index in [0.717, 1.165) is 25.7 Å². The Morgan fingerprint density at radius 2 is 1.50 bits per heavy atom. The molecule has 0 aromatic heterocycles.